The van der Waals surface area contributed by atoms with E-state index >= 15 is 0 Å². The van der Waals surface area contributed by atoms with E-state index in [2.05, 4.69) is 29.0 Å². The quantitative estimate of drug-likeness (QED) is 0.733. The highest BCUT2D eigenvalue weighted by molar-refractivity contribution is 6.32. The zero-order valence-corrected chi connectivity index (χ0v) is 12.5. The first-order valence-electron chi connectivity index (χ1n) is 6.76. The Morgan fingerprint density at radius 3 is 2.64 bits per heavy atom. The van der Waals surface area contributed by atoms with E-state index < -0.39 is 0 Å². The van der Waals surface area contributed by atoms with Crippen molar-refractivity contribution in [1.82, 2.24) is 9.55 Å². The lowest BCUT2D eigenvalue weighted by atomic mass is 10.1. The van der Waals surface area contributed by atoms with Crippen LogP contribution in [0.4, 0.5) is 0 Å². The first-order valence-corrected chi connectivity index (χ1v) is 7.14. The molecule has 1 aromatic heterocycles. The lowest BCUT2D eigenvalue weighted by Crippen LogP contribution is -1.96. The number of rotatable bonds is 2. The maximum absolute atomic E-state index is 9.40. The molecule has 0 amide bonds. The number of hydrogen-bond donors (Lipinski definition) is 1. The summed E-state index contributed by atoms with van der Waals surface area (Å²) in [6.45, 7) is 0.764. The van der Waals surface area contributed by atoms with Gasteiger partial charge in [-0.3, -0.25) is 0 Å². The van der Waals surface area contributed by atoms with Crippen LogP contribution in [0.25, 0.3) is 0 Å². The molecule has 108 valence electrons. The highest BCUT2D eigenvalue weighted by atomic mass is 35.5. The summed E-state index contributed by atoms with van der Waals surface area (Å²) in [6, 6.07) is 13.0. The molecule has 0 saturated heterocycles. The number of nitrogens with zero attached hydrogens (tertiary/aromatic N) is 2. The second-order valence-corrected chi connectivity index (χ2v) is 5.26. The minimum Gasteiger partial charge on any atom is -0.506 e. The van der Waals surface area contributed by atoms with Crippen LogP contribution in [0.2, 0.25) is 5.02 Å². The molecule has 0 atom stereocenters. The van der Waals surface area contributed by atoms with E-state index in [0.717, 1.165) is 23.2 Å². The molecule has 4 heteroatoms. The van der Waals surface area contributed by atoms with Gasteiger partial charge in [-0.15, -0.1) is 0 Å². The average molecular weight is 309 g/mol. The number of halogens is 1. The monoisotopic (exact) mass is 308 g/mol. The molecule has 22 heavy (non-hydrogen) atoms. The van der Waals surface area contributed by atoms with Gasteiger partial charge in [0.05, 0.1) is 11.3 Å². The highest BCUT2D eigenvalue weighted by Crippen LogP contribution is 2.23. The summed E-state index contributed by atoms with van der Waals surface area (Å²) in [4.78, 5) is 4.03. The van der Waals surface area contributed by atoms with Gasteiger partial charge in [0, 0.05) is 30.1 Å². The van der Waals surface area contributed by atoms with Crippen LogP contribution in [0.15, 0.2) is 61.2 Å². The molecular weight excluding hydrogens is 296 g/mol. The molecule has 2 aromatic carbocycles. The molecule has 1 N–H and O–H groups in total. The van der Waals surface area contributed by atoms with Crippen LogP contribution >= 0.6 is 11.6 Å². The topological polar surface area (TPSA) is 38.0 Å². The number of aromatic nitrogens is 2. The standard InChI is InChI=1S/C18H13ClN2O/c19-17-11-15(6-7-18(17)22)5-4-14-2-1-3-16(10-14)12-21-9-8-20-13-21/h1-3,6-11,13,22H,12H2. The predicted octanol–water partition coefficient (Wildman–Crippen LogP) is 3.69. The normalized spacial score (nSPS) is 10.0. The van der Waals surface area contributed by atoms with Crippen LogP contribution in [0, 0.1) is 11.8 Å². The van der Waals surface area contributed by atoms with E-state index in [9.17, 15) is 5.11 Å². The third kappa shape index (κ3) is 3.49. The SMILES string of the molecule is Oc1ccc(C#Cc2cccc(Cn3ccnc3)c2)cc1Cl. The van der Waals surface area contributed by atoms with Crippen molar-refractivity contribution in [3.63, 3.8) is 0 Å². The minimum absolute atomic E-state index is 0.0644. The molecule has 0 spiro atoms. The van der Waals surface area contributed by atoms with Gasteiger partial charge in [0.2, 0.25) is 0 Å². The molecule has 0 aliphatic carbocycles. The Kier molecular flexibility index (Phi) is 4.13. The summed E-state index contributed by atoms with van der Waals surface area (Å²) in [5.41, 5.74) is 2.86. The third-order valence-electron chi connectivity index (χ3n) is 3.15. The van der Waals surface area contributed by atoms with Crippen LogP contribution in [0.3, 0.4) is 0 Å². The van der Waals surface area contributed by atoms with E-state index in [1.54, 1.807) is 30.7 Å². The average Bonchev–Trinajstić information content (AvgIpc) is 3.02. The Morgan fingerprint density at radius 1 is 1.09 bits per heavy atom. The molecule has 1 heterocycles. The number of hydrogen-bond acceptors (Lipinski definition) is 2. The van der Waals surface area contributed by atoms with Crippen molar-refractivity contribution in [3.05, 3.63) is 82.9 Å². The van der Waals surface area contributed by atoms with Crippen molar-refractivity contribution in [3.8, 4) is 17.6 Å². The van der Waals surface area contributed by atoms with Crippen LogP contribution in [-0.2, 0) is 6.54 Å². The number of benzene rings is 2. The van der Waals surface area contributed by atoms with Gasteiger partial charge >= 0.3 is 0 Å². The lowest BCUT2D eigenvalue weighted by Gasteiger charge is -2.02. The predicted molar refractivity (Wildman–Crippen MR) is 86.9 cm³/mol. The van der Waals surface area contributed by atoms with Crippen molar-refractivity contribution in [1.29, 1.82) is 0 Å². The summed E-state index contributed by atoms with van der Waals surface area (Å²) < 4.78 is 2.01. The van der Waals surface area contributed by atoms with Gasteiger partial charge in [-0.1, -0.05) is 35.6 Å². The molecule has 0 fully saturated rings. The largest absolute Gasteiger partial charge is 0.506 e. The Labute approximate surface area is 133 Å². The van der Waals surface area contributed by atoms with Crippen molar-refractivity contribution >= 4 is 11.6 Å². The molecule has 0 saturated carbocycles. The van der Waals surface area contributed by atoms with E-state index in [1.807, 2.05) is 22.9 Å². The Morgan fingerprint density at radius 2 is 1.91 bits per heavy atom. The summed E-state index contributed by atoms with van der Waals surface area (Å²) >= 11 is 5.87. The van der Waals surface area contributed by atoms with E-state index in [1.165, 1.54) is 0 Å². The highest BCUT2D eigenvalue weighted by Gasteiger charge is 1.98. The molecule has 0 unspecified atom stereocenters. The summed E-state index contributed by atoms with van der Waals surface area (Å²) in [7, 11) is 0. The fourth-order valence-corrected chi connectivity index (χ4v) is 2.25. The zero-order chi connectivity index (χ0) is 15.4. The fourth-order valence-electron chi connectivity index (χ4n) is 2.07. The Hall–Kier alpha value is -2.70. The third-order valence-corrected chi connectivity index (χ3v) is 3.45. The van der Waals surface area contributed by atoms with Crippen LogP contribution in [-0.4, -0.2) is 14.7 Å². The van der Waals surface area contributed by atoms with E-state index in [4.69, 9.17) is 11.6 Å². The molecule has 0 bridgehead atoms. The Bertz CT molecular complexity index is 845. The molecule has 3 aromatic rings. The van der Waals surface area contributed by atoms with E-state index in [-0.39, 0.29) is 5.75 Å². The smallest absolute Gasteiger partial charge is 0.134 e. The van der Waals surface area contributed by atoms with Gasteiger partial charge in [0.1, 0.15) is 5.75 Å². The van der Waals surface area contributed by atoms with Crippen LogP contribution < -0.4 is 0 Å². The summed E-state index contributed by atoms with van der Waals surface area (Å²) in [6.07, 6.45) is 5.48. The molecule has 0 aliphatic heterocycles. The number of aromatic hydroxyl groups is 1. The Balaban J connectivity index is 1.81. The maximum atomic E-state index is 9.40. The molecule has 0 radical (unpaired) electrons. The van der Waals surface area contributed by atoms with Gasteiger partial charge in [0.15, 0.2) is 0 Å². The minimum atomic E-state index is 0.0644. The first-order chi connectivity index (χ1) is 10.7. The summed E-state index contributed by atoms with van der Waals surface area (Å²) in [5.74, 6) is 6.23. The molecule has 0 aliphatic rings. The number of imidazole rings is 1. The van der Waals surface area contributed by atoms with Crippen LogP contribution in [0.1, 0.15) is 16.7 Å². The van der Waals surface area contributed by atoms with Crippen molar-refractivity contribution in [2.75, 3.05) is 0 Å². The van der Waals surface area contributed by atoms with Crippen LogP contribution in [0.5, 0.6) is 5.75 Å². The maximum Gasteiger partial charge on any atom is 0.134 e. The van der Waals surface area contributed by atoms with Gasteiger partial charge in [0.25, 0.3) is 0 Å². The van der Waals surface area contributed by atoms with Gasteiger partial charge in [-0.2, -0.15) is 0 Å². The zero-order valence-electron chi connectivity index (χ0n) is 11.7. The van der Waals surface area contributed by atoms with Crippen molar-refractivity contribution in [2.45, 2.75) is 6.54 Å². The second-order valence-electron chi connectivity index (χ2n) is 4.85. The van der Waals surface area contributed by atoms with Gasteiger partial charge < -0.3 is 9.67 Å². The number of phenols is 1. The molecular formula is C18H13ClN2O. The van der Waals surface area contributed by atoms with E-state index in [0.29, 0.717) is 5.02 Å². The molecule has 3 rings (SSSR count). The van der Waals surface area contributed by atoms with Gasteiger partial charge in [-0.25, -0.2) is 4.98 Å². The second kappa shape index (κ2) is 6.38. The molecule has 3 nitrogen and oxygen atoms in total. The van der Waals surface area contributed by atoms with Crippen molar-refractivity contribution < 1.29 is 5.11 Å². The van der Waals surface area contributed by atoms with Gasteiger partial charge in [-0.05, 0) is 35.9 Å². The lowest BCUT2D eigenvalue weighted by molar-refractivity contribution is 0.475. The summed E-state index contributed by atoms with van der Waals surface area (Å²) in [5, 5.41) is 9.71. The van der Waals surface area contributed by atoms with Crippen molar-refractivity contribution in [2.24, 2.45) is 0 Å². The number of phenolic OH excluding ortho intramolecular Hbond substituents is 1. The fraction of sp³-hybridized carbons (Fsp3) is 0.0556. The first kappa shape index (κ1) is 14.2.